The van der Waals surface area contributed by atoms with Crippen molar-refractivity contribution in [3.8, 4) is 0 Å². The van der Waals surface area contributed by atoms with Crippen LogP contribution in [0.15, 0.2) is 12.2 Å². The molecule has 88 valence electrons. The molecular weight excluding hydrogens is 200 g/mol. The van der Waals surface area contributed by atoms with Crippen molar-refractivity contribution in [1.29, 1.82) is 0 Å². The van der Waals surface area contributed by atoms with Crippen LogP contribution in [-0.4, -0.2) is 11.1 Å². The second kappa shape index (κ2) is 3.61. The second-order valence-corrected chi connectivity index (χ2v) is 6.28. The van der Waals surface area contributed by atoms with E-state index < -0.39 is 5.97 Å². The molecule has 0 saturated heterocycles. The van der Waals surface area contributed by atoms with Crippen LogP contribution in [0.2, 0.25) is 0 Å². The van der Waals surface area contributed by atoms with E-state index in [4.69, 9.17) is 5.11 Å². The maximum atomic E-state index is 10.5. The number of allylic oxidation sites excluding steroid dienone is 1. The van der Waals surface area contributed by atoms with Gasteiger partial charge in [-0.15, -0.1) is 0 Å². The molecule has 4 fully saturated rings. The topological polar surface area (TPSA) is 37.3 Å². The van der Waals surface area contributed by atoms with Crippen LogP contribution >= 0.6 is 0 Å². The second-order valence-electron chi connectivity index (χ2n) is 6.28. The van der Waals surface area contributed by atoms with E-state index in [1.807, 2.05) is 6.08 Å². The van der Waals surface area contributed by atoms with Crippen molar-refractivity contribution in [1.82, 2.24) is 0 Å². The van der Waals surface area contributed by atoms with E-state index in [0.29, 0.717) is 5.41 Å². The Balaban J connectivity index is 1.73. The molecule has 16 heavy (non-hydrogen) atoms. The molecule has 0 radical (unpaired) electrons. The molecular formula is C14H20O2. The van der Waals surface area contributed by atoms with Crippen LogP contribution in [0.25, 0.3) is 0 Å². The molecule has 0 aromatic rings. The van der Waals surface area contributed by atoms with Gasteiger partial charge in [-0.1, -0.05) is 12.2 Å². The molecule has 4 rings (SSSR count). The van der Waals surface area contributed by atoms with E-state index in [-0.39, 0.29) is 6.42 Å². The van der Waals surface area contributed by atoms with Crippen LogP contribution < -0.4 is 0 Å². The first-order chi connectivity index (χ1) is 7.65. The fraction of sp³-hybridized carbons (Fsp3) is 0.786. The highest BCUT2D eigenvalue weighted by Crippen LogP contribution is 2.60. The van der Waals surface area contributed by atoms with Crippen LogP contribution in [0.1, 0.15) is 44.9 Å². The quantitative estimate of drug-likeness (QED) is 0.741. The van der Waals surface area contributed by atoms with E-state index in [1.165, 1.54) is 38.5 Å². The number of rotatable bonds is 3. The van der Waals surface area contributed by atoms with Crippen molar-refractivity contribution in [3.63, 3.8) is 0 Å². The van der Waals surface area contributed by atoms with Crippen molar-refractivity contribution in [2.75, 3.05) is 0 Å². The lowest BCUT2D eigenvalue weighted by molar-refractivity contribution is -0.136. The number of hydrogen-bond acceptors (Lipinski definition) is 1. The standard InChI is InChI=1S/C14H20O2/c15-13(16)2-1-3-14-7-10-4-11(8-14)6-12(5-10)9-14/h1,3,10-12H,2,4-9H2,(H,15,16)/b3-1+. The summed E-state index contributed by atoms with van der Waals surface area (Å²) in [7, 11) is 0. The molecule has 4 aliphatic rings. The van der Waals surface area contributed by atoms with Crippen LogP contribution in [0, 0.1) is 23.2 Å². The number of carbonyl (C=O) groups is 1. The summed E-state index contributed by atoms with van der Waals surface area (Å²) >= 11 is 0. The Morgan fingerprint density at radius 2 is 1.62 bits per heavy atom. The molecule has 2 heteroatoms. The van der Waals surface area contributed by atoms with E-state index in [0.717, 1.165) is 17.8 Å². The summed E-state index contributed by atoms with van der Waals surface area (Å²) in [5.41, 5.74) is 0.393. The van der Waals surface area contributed by atoms with Gasteiger partial charge in [-0.25, -0.2) is 0 Å². The van der Waals surface area contributed by atoms with Gasteiger partial charge in [0.25, 0.3) is 0 Å². The third-order valence-corrected chi connectivity index (χ3v) is 4.85. The third kappa shape index (κ3) is 1.79. The SMILES string of the molecule is O=C(O)C/C=C/C12CC3CC(CC(C3)C1)C2. The average molecular weight is 220 g/mol. The van der Waals surface area contributed by atoms with Crippen LogP contribution in [0.4, 0.5) is 0 Å². The predicted octanol–water partition coefficient (Wildman–Crippen LogP) is 3.23. The number of hydrogen-bond donors (Lipinski definition) is 1. The molecule has 0 spiro atoms. The van der Waals surface area contributed by atoms with Crippen molar-refractivity contribution < 1.29 is 9.90 Å². The van der Waals surface area contributed by atoms with Crippen LogP contribution in [0.3, 0.4) is 0 Å². The van der Waals surface area contributed by atoms with Crippen LogP contribution in [0.5, 0.6) is 0 Å². The Labute approximate surface area is 96.7 Å². The number of aliphatic carboxylic acids is 1. The summed E-state index contributed by atoms with van der Waals surface area (Å²) in [6, 6.07) is 0. The molecule has 0 heterocycles. The summed E-state index contributed by atoms with van der Waals surface area (Å²) in [5.74, 6) is 2.13. The monoisotopic (exact) mass is 220 g/mol. The minimum absolute atomic E-state index is 0.196. The predicted molar refractivity (Wildman–Crippen MR) is 62.0 cm³/mol. The van der Waals surface area contributed by atoms with Gasteiger partial charge in [-0.3, -0.25) is 4.79 Å². The average Bonchev–Trinajstić information content (AvgIpc) is 2.13. The summed E-state index contributed by atoms with van der Waals surface area (Å²) in [6.07, 6.45) is 12.7. The lowest BCUT2D eigenvalue weighted by Gasteiger charge is -2.55. The molecule has 4 bridgehead atoms. The smallest absolute Gasteiger partial charge is 0.307 e. The molecule has 4 aliphatic carbocycles. The summed E-state index contributed by atoms with van der Waals surface area (Å²) in [6.45, 7) is 0. The zero-order chi connectivity index (χ0) is 11.2. The molecule has 2 nitrogen and oxygen atoms in total. The molecule has 4 saturated carbocycles. The van der Waals surface area contributed by atoms with E-state index >= 15 is 0 Å². The van der Waals surface area contributed by atoms with E-state index in [2.05, 4.69) is 6.08 Å². The lowest BCUT2D eigenvalue weighted by atomic mass is 9.49. The Morgan fingerprint density at radius 3 is 2.06 bits per heavy atom. The van der Waals surface area contributed by atoms with Crippen molar-refractivity contribution in [2.24, 2.45) is 23.2 Å². The largest absolute Gasteiger partial charge is 0.481 e. The third-order valence-electron chi connectivity index (χ3n) is 4.85. The van der Waals surface area contributed by atoms with E-state index in [9.17, 15) is 4.79 Å². The van der Waals surface area contributed by atoms with Gasteiger partial charge < -0.3 is 5.11 Å². The lowest BCUT2D eigenvalue weighted by Crippen LogP contribution is -2.44. The molecule has 0 aromatic heterocycles. The fourth-order valence-electron chi connectivity index (χ4n) is 4.79. The summed E-state index contributed by atoms with van der Waals surface area (Å²) in [5, 5.41) is 8.68. The van der Waals surface area contributed by atoms with Gasteiger partial charge in [0.05, 0.1) is 6.42 Å². The van der Waals surface area contributed by atoms with Gasteiger partial charge in [-0.05, 0) is 61.7 Å². The highest BCUT2D eigenvalue weighted by Gasteiger charge is 2.49. The number of carboxylic acid groups (broad SMARTS) is 1. The van der Waals surface area contributed by atoms with Gasteiger partial charge in [0.15, 0.2) is 0 Å². The maximum Gasteiger partial charge on any atom is 0.307 e. The van der Waals surface area contributed by atoms with Crippen molar-refractivity contribution in [3.05, 3.63) is 12.2 Å². The van der Waals surface area contributed by atoms with E-state index in [1.54, 1.807) is 0 Å². The zero-order valence-corrected chi connectivity index (χ0v) is 9.69. The normalized spacial score (nSPS) is 45.4. The van der Waals surface area contributed by atoms with Crippen molar-refractivity contribution >= 4 is 5.97 Å². The zero-order valence-electron chi connectivity index (χ0n) is 9.69. The molecule has 0 amide bonds. The summed E-state index contributed by atoms with van der Waals surface area (Å²) < 4.78 is 0. The van der Waals surface area contributed by atoms with Gasteiger partial charge >= 0.3 is 5.97 Å². The van der Waals surface area contributed by atoms with Gasteiger partial charge in [0.2, 0.25) is 0 Å². The number of carboxylic acids is 1. The minimum atomic E-state index is -0.707. The van der Waals surface area contributed by atoms with Gasteiger partial charge in [0.1, 0.15) is 0 Å². The molecule has 0 aliphatic heterocycles. The molecule has 1 N–H and O–H groups in total. The van der Waals surface area contributed by atoms with Crippen LogP contribution in [-0.2, 0) is 4.79 Å². The Kier molecular flexibility index (Phi) is 2.34. The van der Waals surface area contributed by atoms with Gasteiger partial charge in [-0.2, -0.15) is 0 Å². The Bertz CT molecular complexity index is 294. The first-order valence-corrected chi connectivity index (χ1v) is 6.55. The highest BCUT2D eigenvalue weighted by atomic mass is 16.4. The minimum Gasteiger partial charge on any atom is -0.481 e. The Hall–Kier alpha value is -0.790. The molecule has 0 unspecified atom stereocenters. The first kappa shape index (κ1) is 10.4. The molecule has 0 aromatic carbocycles. The summed E-state index contributed by atoms with van der Waals surface area (Å²) in [4.78, 5) is 10.5. The Morgan fingerprint density at radius 1 is 1.12 bits per heavy atom. The highest BCUT2D eigenvalue weighted by molar-refractivity contribution is 5.68. The first-order valence-electron chi connectivity index (χ1n) is 6.55. The maximum absolute atomic E-state index is 10.5. The fourth-order valence-corrected chi connectivity index (χ4v) is 4.79. The van der Waals surface area contributed by atoms with Gasteiger partial charge in [0, 0.05) is 0 Å². The molecule has 0 atom stereocenters. The van der Waals surface area contributed by atoms with Crippen molar-refractivity contribution in [2.45, 2.75) is 44.9 Å².